The van der Waals surface area contributed by atoms with Crippen LogP contribution >= 0.6 is 11.8 Å². The second kappa shape index (κ2) is 7.22. The third-order valence-electron chi connectivity index (χ3n) is 2.95. The van der Waals surface area contributed by atoms with Gasteiger partial charge in [0, 0.05) is 23.6 Å². The number of nitrogens with two attached hydrogens (primary N) is 1. The molecule has 3 heteroatoms. The van der Waals surface area contributed by atoms with Gasteiger partial charge in [-0.25, -0.2) is 0 Å². The summed E-state index contributed by atoms with van der Waals surface area (Å²) in [6.07, 6.45) is 0. The molecule has 0 aliphatic rings. The summed E-state index contributed by atoms with van der Waals surface area (Å²) < 4.78 is 5.35. The fourth-order valence-corrected chi connectivity index (χ4v) is 2.85. The third-order valence-corrected chi connectivity index (χ3v) is 4.03. The van der Waals surface area contributed by atoms with Crippen molar-refractivity contribution in [2.24, 2.45) is 5.73 Å². The van der Waals surface area contributed by atoms with Gasteiger partial charge in [0.05, 0.1) is 7.11 Å². The highest BCUT2D eigenvalue weighted by Crippen LogP contribution is 2.24. The summed E-state index contributed by atoms with van der Waals surface area (Å²) in [5, 5.41) is 0. The molecule has 100 valence electrons. The molecular formula is C16H19NOS. The SMILES string of the molecule is COc1cc(CSCc2ccccc2)ccc1CN. The molecule has 2 aromatic carbocycles. The third kappa shape index (κ3) is 4.01. The van der Waals surface area contributed by atoms with Gasteiger partial charge in [0.2, 0.25) is 0 Å². The molecule has 2 aromatic rings. The van der Waals surface area contributed by atoms with Gasteiger partial charge in [0.1, 0.15) is 5.75 Å². The fraction of sp³-hybridized carbons (Fsp3) is 0.250. The lowest BCUT2D eigenvalue weighted by Gasteiger charge is -2.09. The van der Waals surface area contributed by atoms with Crippen molar-refractivity contribution in [3.63, 3.8) is 0 Å². The molecule has 0 spiro atoms. The molecule has 0 saturated carbocycles. The zero-order valence-electron chi connectivity index (χ0n) is 11.1. The molecule has 0 atom stereocenters. The van der Waals surface area contributed by atoms with Crippen molar-refractivity contribution in [1.82, 2.24) is 0 Å². The molecule has 2 N–H and O–H groups in total. The van der Waals surface area contributed by atoms with E-state index in [4.69, 9.17) is 10.5 Å². The first kappa shape index (κ1) is 14.0. The minimum atomic E-state index is 0.514. The first-order valence-corrected chi connectivity index (χ1v) is 7.46. The Morgan fingerprint density at radius 3 is 2.42 bits per heavy atom. The van der Waals surface area contributed by atoms with Crippen molar-refractivity contribution < 1.29 is 4.74 Å². The predicted octanol–water partition coefficient (Wildman–Crippen LogP) is 3.59. The molecule has 0 radical (unpaired) electrons. The second-order valence-electron chi connectivity index (χ2n) is 4.33. The van der Waals surface area contributed by atoms with E-state index in [1.54, 1.807) is 7.11 Å². The summed E-state index contributed by atoms with van der Waals surface area (Å²) in [6, 6.07) is 16.8. The monoisotopic (exact) mass is 273 g/mol. The lowest BCUT2D eigenvalue weighted by molar-refractivity contribution is 0.409. The summed E-state index contributed by atoms with van der Waals surface area (Å²) in [4.78, 5) is 0. The lowest BCUT2D eigenvalue weighted by Crippen LogP contribution is -2.00. The lowest BCUT2D eigenvalue weighted by atomic mass is 10.1. The summed E-state index contributed by atoms with van der Waals surface area (Å²) in [5.41, 5.74) is 9.35. The maximum absolute atomic E-state index is 5.67. The summed E-state index contributed by atoms with van der Waals surface area (Å²) in [5.74, 6) is 2.90. The predicted molar refractivity (Wildman–Crippen MR) is 82.3 cm³/mol. The maximum atomic E-state index is 5.67. The van der Waals surface area contributed by atoms with Gasteiger partial charge in [0.15, 0.2) is 0 Å². The van der Waals surface area contributed by atoms with Crippen LogP contribution in [0.3, 0.4) is 0 Å². The molecule has 0 fully saturated rings. The smallest absolute Gasteiger partial charge is 0.123 e. The number of thioether (sulfide) groups is 1. The van der Waals surface area contributed by atoms with Gasteiger partial charge >= 0.3 is 0 Å². The van der Waals surface area contributed by atoms with Crippen LogP contribution in [0.25, 0.3) is 0 Å². The van der Waals surface area contributed by atoms with E-state index in [2.05, 4.69) is 42.5 Å². The normalized spacial score (nSPS) is 10.4. The highest BCUT2D eigenvalue weighted by atomic mass is 32.2. The van der Waals surface area contributed by atoms with Crippen LogP contribution in [-0.2, 0) is 18.1 Å². The largest absolute Gasteiger partial charge is 0.496 e. The minimum Gasteiger partial charge on any atom is -0.496 e. The van der Waals surface area contributed by atoms with Gasteiger partial charge in [-0.3, -0.25) is 0 Å². The molecule has 0 bridgehead atoms. The van der Waals surface area contributed by atoms with Gasteiger partial charge in [-0.05, 0) is 17.2 Å². The van der Waals surface area contributed by atoms with Gasteiger partial charge in [0.25, 0.3) is 0 Å². The number of hydrogen-bond donors (Lipinski definition) is 1. The molecule has 2 rings (SSSR count). The van der Waals surface area contributed by atoms with Gasteiger partial charge in [-0.15, -0.1) is 0 Å². The van der Waals surface area contributed by atoms with Crippen LogP contribution in [0.4, 0.5) is 0 Å². The maximum Gasteiger partial charge on any atom is 0.123 e. The van der Waals surface area contributed by atoms with E-state index in [1.165, 1.54) is 11.1 Å². The molecule has 0 aliphatic heterocycles. The summed E-state index contributed by atoms with van der Waals surface area (Å²) in [6.45, 7) is 0.514. The molecule has 2 nitrogen and oxygen atoms in total. The van der Waals surface area contributed by atoms with E-state index in [1.807, 2.05) is 17.8 Å². The minimum absolute atomic E-state index is 0.514. The molecule has 0 heterocycles. The summed E-state index contributed by atoms with van der Waals surface area (Å²) >= 11 is 1.91. The molecule has 0 saturated heterocycles. The molecule has 0 unspecified atom stereocenters. The summed E-state index contributed by atoms with van der Waals surface area (Å²) in [7, 11) is 1.69. The highest BCUT2D eigenvalue weighted by molar-refractivity contribution is 7.97. The van der Waals surface area contributed by atoms with Gasteiger partial charge in [-0.2, -0.15) is 11.8 Å². The number of methoxy groups -OCH3 is 1. The number of rotatable bonds is 6. The van der Waals surface area contributed by atoms with Crippen molar-refractivity contribution in [2.45, 2.75) is 18.1 Å². The van der Waals surface area contributed by atoms with Crippen LogP contribution in [0.1, 0.15) is 16.7 Å². The van der Waals surface area contributed by atoms with E-state index in [0.29, 0.717) is 6.54 Å². The second-order valence-corrected chi connectivity index (χ2v) is 5.31. The standard InChI is InChI=1S/C16H19NOS/c1-18-16-9-14(7-8-15(16)10-17)12-19-11-13-5-3-2-4-6-13/h2-9H,10-12,17H2,1H3. The highest BCUT2D eigenvalue weighted by Gasteiger charge is 2.03. The van der Waals surface area contributed by atoms with Crippen LogP contribution in [0.15, 0.2) is 48.5 Å². The van der Waals surface area contributed by atoms with E-state index in [9.17, 15) is 0 Å². The number of hydrogen-bond acceptors (Lipinski definition) is 3. The van der Waals surface area contributed by atoms with Crippen molar-refractivity contribution in [3.8, 4) is 5.75 Å². The Morgan fingerprint density at radius 2 is 1.74 bits per heavy atom. The molecule has 0 aliphatic carbocycles. The average molecular weight is 273 g/mol. The van der Waals surface area contributed by atoms with Crippen LogP contribution in [0, 0.1) is 0 Å². The zero-order chi connectivity index (χ0) is 13.5. The first-order chi connectivity index (χ1) is 9.33. The van der Waals surface area contributed by atoms with Crippen LogP contribution in [0.5, 0.6) is 5.75 Å². The molecule has 0 amide bonds. The Labute approximate surface area is 119 Å². The fourth-order valence-electron chi connectivity index (χ4n) is 1.91. The number of benzene rings is 2. The average Bonchev–Trinajstić information content (AvgIpc) is 2.48. The van der Waals surface area contributed by atoms with Gasteiger partial charge < -0.3 is 10.5 Å². The Kier molecular flexibility index (Phi) is 5.31. The van der Waals surface area contributed by atoms with E-state index < -0.39 is 0 Å². The van der Waals surface area contributed by atoms with Crippen molar-refractivity contribution in [3.05, 3.63) is 65.2 Å². The molecular weight excluding hydrogens is 254 g/mol. The van der Waals surface area contributed by atoms with Crippen LogP contribution < -0.4 is 10.5 Å². The Balaban J connectivity index is 1.93. The van der Waals surface area contributed by atoms with E-state index in [0.717, 1.165) is 22.8 Å². The van der Waals surface area contributed by atoms with Gasteiger partial charge in [-0.1, -0.05) is 42.5 Å². The quantitative estimate of drug-likeness (QED) is 0.873. The van der Waals surface area contributed by atoms with E-state index in [-0.39, 0.29) is 0 Å². The van der Waals surface area contributed by atoms with Crippen LogP contribution in [-0.4, -0.2) is 7.11 Å². The Bertz CT molecular complexity index is 513. The Morgan fingerprint density at radius 1 is 1.00 bits per heavy atom. The first-order valence-electron chi connectivity index (χ1n) is 6.31. The van der Waals surface area contributed by atoms with Crippen molar-refractivity contribution in [2.75, 3.05) is 7.11 Å². The van der Waals surface area contributed by atoms with Crippen LogP contribution in [0.2, 0.25) is 0 Å². The number of ether oxygens (including phenoxy) is 1. The van der Waals surface area contributed by atoms with Crippen molar-refractivity contribution in [1.29, 1.82) is 0 Å². The zero-order valence-corrected chi connectivity index (χ0v) is 12.0. The van der Waals surface area contributed by atoms with E-state index >= 15 is 0 Å². The van der Waals surface area contributed by atoms with Crippen molar-refractivity contribution >= 4 is 11.8 Å². The molecule has 19 heavy (non-hydrogen) atoms. The Hall–Kier alpha value is -1.45. The molecule has 0 aromatic heterocycles. The topological polar surface area (TPSA) is 35.2 Å².